The topological polar surface area (TPSA) is 27.6 Å². The smallest absolute Gasteiger partial charge is 0.199 e. The predicted molar refractivity (Wildman–Crippen MR) is 93.4 cm³/mol. The van der Waals surface area contributed by atoms with Gasteiger partial charge in [0.1, 0.15) is 0 Å². The van der Waals surface area contributed by atoms with Crippen molar-refractivity contribution >= 4 is 11.6 Å². The van der Waals surface area contributed by atoms with Crippen LogP contribution in [0.1, 0.15) is 31.0 Å². The number of rotatable bonds is 3. The van der Waals surface area contributed by atoms with Crippen LogP contribution in [0.25, 0.3) is 0 Å². The van der Waals surface area contributed by atoms with Crippen LogP contribution in [0.2, 0.25) is 0 Å². The van der Waals surface area contributed by atoms with Gasteiger partial charge in [-0.1, -0.05) is 48.5 Å². The van der Waals surface area contributed by atoms with E-state index in [0.717, 1.165) is 12.5 Å². The van der Waals surface area contributed by atoms with Gasteiger partial charge in [-0.05, 0) is 38.0 Å². The number of guanidine groups is 1. The zero-order valence-electron chi connectivity index (χ0n) is 13.5. The van der Waals surface area contributed by atoms with Gasteiger partial charge in [-0.15, -0.1) is 0 Å². The summed E-state index contributed by atoms with van der Waals surface area (Å²) in [7, 11) is 0. The normalized spacial score (nSPS) is 20.4. The Morgan fingerprint density at radius 3 is 2.41 bits per heavy atom. The van der Waals surface area contributed by atoms with Crippen LogP contribution in [0.5, 0.6) is 0 Å². The van der Waals surface area contributed by atoms with E-state index in [2.05, 4.69) is 79.5 Å². The van der Waals surface area contributed by atoms with Crippen molar-refractivity contribution in [2.45, 2.75) is 32.9 Å². The third-order valence-corrected chi connectivity index (χ3v) is 4.21. The number of aliphatic imine (C=N–C) groups is 1. The van der Waals surface area contributed by atoms with Crippen molar-refractivity contribution in [1.29, 1.82) is 0 Å². The molecular weight excluding hydrogens is 270 g/mol. The van der Waals surface area contributed by atoms with Gasteiger partial charge in [0.2, 0.25) is 0 Å². The Labute approximate surface area is 132 Å². The molecule has 1 N–H and O–H groups in total. The Hall–Kier alpha value is -2.29. The second-order valence-electron chi connectivity index (χ2n) is 5.77. The largest absolute Gasteiger partial charge is 0.351 e. The molecule has 0 spiro atoms. The molecule has 1 heterocycles. The van der Waals surface area contributed by atoms with E-state index in [1.54, 1.807) is 0 Å². The first-order valence-electron chi connectivity index (χ1n) is 7.93. The summed E-state index contributed by atoms with van der Waals surface area (Å²) in [6.07, 6.45) is 0. The standard InChI is InChI=1S/C19H23N3/c1-4-22(17-13-9-8-10-14(17)2)19-20-15(3)18(21-19)16-11-6-5-7-12-16/h5-13,15,18H,4H2,1-3H3,(H,20,21). The van der Waals surface area contributed by atoms with Crippen molar-refractivity contribution in [3.63, 3.8) is 0 Å². The van der Waals surface area contributed by atoms with Gasteiger partial charge in [-0.25, -0.2) is 4.99 Å². The minimum atomic E-state index is 0.175. The van der Waals surface area contributed by atoms with Crippen molar-refractivity contribution < 1.29 is 0 Å². The van der Waals surface area contributed by atoms with E-state index in [9.17, 15) is 0 Å². The fraction of sp³-hybridized carbons (Fsp3) is 0.316. The predicted octanol–water partition coefficient (Wildman–Crippen LogP) is 3.91. The van der Waals surface area contributed by atoms with Crippen LogP contribution in [0.3, 0.4) is 0 Å². The van der Waals surface area contributed by atoms with E-state index >= 15 is 0 Å². The number of aryl methyl sites for hydroxylation is 1. The lowest BCUT2D eigenvalue weighted by molar-refractivity contribution is 0.587. The molecule has 3 heteroatoms. The molecule has 2 aromatic rings. The lowest BCUT2D eigenvalue weighted by Crippen LogP contribution is -2.41. The van der Waals surface area contributed by atoms with Crippen molar-refractivity contribution in [3.8, 4) is 0 Å². The summed E-state index contributed by atoms with van der Waals surface area (Å²) in [5.74, 6) is 0.971. The first kappa shape index (κ1) is 14.6. The van der Waals surface area contributed by atoms with Crippen molar-refractivity contribution in [2.75, 3.05) is 11.4 Å². The van der Waals surface area contributed by atoms with Crippen LogP contribution in [0.15, 0.2) is 59.6 Å². The van der Waals surface area contributed by atoms with Gasteiger partial charge in [0.25, 0.3) is 0 Å². The summed E-state index contributed by atoms with van der Waals surface area (Å²) in [5, 5.41) is 3.56. The average Bonchev–Trinajstić information content (AvgIpc) is 2.92. The zero-order chi connectivity index (χ0) is 15.5. The monoisotopic (exact) mass is 293 g/mol. The molecule has 1 aliphatic rings. The Bertz CT molecular complexity index is 663. The Morgan fingerprint density at radius 1 is 1.05 bits per heavy atom. The van der Waals surface area contributed by atoms with Crippen LogP contribution >= 0.6 is 0 Å². The number of benzene rings is 2. The SMILES string of the molecule is CCN(C1=NC(c2ccccc2)C(C)N1)c1ccccc1C. The molecule has 0 amide bonds. The fourth-order valence-electron chi connectivity index (χ4n) is 3.02. The van der Waals surface area contributed by atoms with Crippen LogP contribution in [0, 0.1) is 6.92 Å². The van der Waals surface area contributed by atoms with Crippen molar-refractivity contribution in [1.82, 2.24) is 5.32 Å². The Morgan fingerprint density at radius 2 is 1.73 bits per heavy atom. The summed E-state index contributed by atoms with van der Waals surface area (Å²) in [6, 6.07) is 19.4. The second kappa shape index (κ2) is 6.22. The van der Waals surface area contributed by atoms with Gasteiger partial charge in [-0.2, -0.15) is 0 Å². The summed E-state index contributed by atoms with van der Waals surface area (Å²) < 4.78 is 0. The number of nitrogens with one attached hydrogen (secondary N) is 1. The summed E-state index contributed by atoms with van der Waals surface area (Å²) in [4.78, 5) is 7.22. The fourth-order valence-corrected chi connectivity index (χ4v) is 3.02. The third kappa shape index (κ3) is 2.71. The average molecular weight is 293 g/mol. The number of nitrogens with zero attached hydrogens (tertiary/aromatic N) is 2. The summed E-state index contributed by atoms with van der Waals surface area (Å²) >= 11 is 0. The molecular formula is C19H23N3. The van der Waals surface area contributed by atoms with E-state index in [4.69, 9.17) is 4.99 Å². The molecule has 0 bridgehead atoms. The summed E-state index contributed by atoms with van der Waals surface area (Å²) in [5.41, 5.74) is 3.75. The molecule has 2 aromatic carbocycles. The molecule has 0 radical (unpaired) electrons. The third-order valence-electron chi connectivity index (χ3n) is 4.21. The molecule has 1 aliphatic heterocycles. The highest BCUT2D eigenvalue weighted by molar-refractivity contribution is 5.98. The maximum Gasteiger partial charge on any atom is 0.199 e. The highest BCUT2D eigenvalue weighted by Crippen LogP contribution is 2.28. The minimum absolute atomic E-state index is 0.175. The van der Waals surface area contributed by atoms with Gasteiger partial charge >= 0.3 is 0 Å². The van der Waals surface area contributed by atoms with Gasteiger partial charge in [0.05, 0.1) is 12.1 Å². The molecule has 114 valence electrons. The van der Waals surface area contributed by atoms with E-state index in [0.29, 0.717) is 6.04 Å². The van der Waals surface area contributed by atoms with Gasteiger partial charge in [-0.3, -0.25) is 0 Å². The lowest BCUT2D eigenvalue weighted by atomic mass is 10.0. The molecule has 0 saturated heterocycles. The number of anilines is 1. The highest BCUT2D eigenvalue weighted by atomic mass is 15.3. The Kier molecular flexibility index (Phi) is 4.14. The molecule has 22 heavy (non-hydrogen) atoms. The van der Waals surface area contributed by atoms with Gasteiger partial charge < -0.3 is 10.2 Å². The molecule has 3 rings (SSSR count). The number of para-hydroxylation sites is 1. The number of hydrogen-bond acceptors (Lipinski definition) is 3. The molecule has 0 aliphatic carbocycles. The van der Waals surface area contributed by atoms with Crippen LogP contribution in [0.4, 0.5) is 5.69 Å². The molecule has 0 saturated carbocycles. The van der Waals surface area contributed by atoms with Gasteiger partial charge in [0.15, 0.2) is 5.96 Å². The van der Waals surface area contributed by atoms with E-state index < -0.39 is 0 Å². The second-order valence-corrected chi connectivity index (χ2v) is 5.77. The minimum Gasteiger partial charge on any atom is -0.351 e. The first-order chi connectivity index (χ1) is 10.7. The molecule has 2 unspecified atom stereocenters. The molecule has 0 aromatic heterocycles. The highest BCUT2D eigenvalue weighted by Gasteiger charge is 2.29. The maximum atomic E-state index is 4.96. The molecule has 0 fully saturated rings. The summed E-state index contributed by atoms with van der Waals surface area (Å²) in [6.45, 7) is 7.40. The van der Waals surface area contributed by atoms with Crippen LogP contribution < -0.4 is 10.2 Å². The van der Waals surface area contributed by atoms with Crippen molar-refractivity contribution in [3.05, 3.63) is 65.7 Å². The van der Waals surface area contributed by atoms with E-state index in [-0.39, 0.29) is 6.04 Å². The molecule has 3 nitrogen and oxygen atoms in total. The van der Waals surface area contributed by atoms with E-state index in [1.807, 2.05) is 6.07 Å². The zero-order valence-corrected chi connectivity index (χ0v) is 13.5. The first-order valence-corrected chi connectivity index (χ1v) is 7.93. The number of hydrogen-bond donors (Lipinski definition) is 1. The van der Waals surface area contributed by atoms with Crippen LogP contribution in [-0.2, 0) is 0 Å². The lowest BCUT2D eigenvalue weighted by Gasteiger charge is -2.25. The maximum absolute atomic E-state index is 4.96. The van der Waals surface area contributed by atoms with Crippen LogP contribution in [-0.4, -0.2) is 18.5 Å². The van der Waals surface area contributed by atoms with Crippen molar-refractivity contribution in [2.24, 2.45) is 4.99 Å². The quantitative estimate of drug-likeness (QED) is 0.929. The molecule has 2 atom stereocenters. The van der Waals surface area contributed by atoms with E-state index in [1.165, 1.54) is 16.8 Å². The van der Waals surface area contributed by atoms with Gasteiger partial charge in [0, 0.05) is 12.2 Å². The Balaban J connectivity index is 1.92.